The van der Waals surface area contributed by atoms with Gasteiger partial charge in [-0.25, -0.2) is 4.39 Å². The van der Waals surface area contributed by atoms with E-state index in [-0.39, 0.29) is 23.6 Å². The summed E-state index contributed by atoms with van der Waals surface area (Å²) in [4.78, 5) is 12.5. The summed E-state index contributed by atoms with van der Waals surface area (Å²) >= 11 is 5.93. The number of rotatable bonds is 5. The number of hydrogen-bond acceptors (Lipinski definition) is 2. The molecule has 5 heteroatoms. The van der Waals surface area contributed by atoms with Gasteiger partial charge in [-0.1, -0.05) is 41.9 Å². The first-order valence-electron chi connectivity index (χ1n) is 8.12. The molecule has 126 valence electrons. The predicted octanol–water partition coefficient (Wildman–Crippen LogP) is 3.14. The van der Waals surface area contributed by atoms with Gasteiger partial charge in [-0.05, 0) is 35.7 Å². The average molecular weight is 347 g/mol. The highest BCUT2D eigenvalue weighted by Crippen LogP contribution is 2.29. The summed E-state index contributed by atoms with van der Waals surface area (Å²) in [7, 11) is 0. The van der Waals surface area contributed by atoms with Crippen LogP contribution in [0.3, 0.4) is 0 Å². The van der Waals surface area contributed by atoms with Crippen molar-refractivity contribution in [3.63, 3.8) is 0 Å². The molecule has 1 heterocycles. The number of halogens is 2. The van der Waals surface area contributed by atoms with Gasteiger partial charge in [0, 0.05) is 30.6 Å². The van der Waals surface area contributed by atoms with Gasteiger partial charge in [-0.2, -0.15) is 0 Å². The second-order valence-electron chi connectivity index (χ2n) is 6.06. The molecule has 0 saturated carbocycles. The van der Waals surface area contributed by atoms with E-state index in [2.05, 4.69) is 10.6 Å². The minimum atomic E-state index is -0.228. The molecule has 1 amide bonds. The van der Waals surface area contributed by atoms with Gasteiger partial charge in [0.15, 0.2) is 0 Å². The number of benzene rings is 2. The van der Waals surface area contributed by atoms with E-state index >= 15 is 0 Å². The van der Waals surface area contributed by atoms with Gasteiger partial charge in [-0.15, -0.1) is 0 Å². The zero-order valence-electron chi connectivity index (χ0n) is 13.3. The van der Waals surface area contributed by atoms with Crippen LogP contribution in [0.15, 0.2) is 48.5 Å². The fourth-order valence-corrected chi connectivity index (χ4v) is 3.29. The van der Waals surface area contributed by atoms with Crippen molar-refractivity contribution in [1.82, 2.24) is 10.6 Å². The van der Waals surface area contributed by atoms with Crippen molar-refractivity contribution in [1.29, 1.82) is 0 Å². The Morgan fingerprint density at radius 3 is 2.67 bits per heavy atom. The number of nitrogens with one attached hydrogen (secondary N) is 2. The van der Waals surface area contributed by atoms with Crippen LogP contribution in [-0.2, 0) is 11.2 Å². The fraction of sp³-hybridized carbons (Fsp3) is 0.316. The van der Waals surface area contributed by atoms with E-state index in [1.165, 1.54) is 6.07 Å². The maximum atomic E-state index is 13.6. The third-order valence-electron chi connectivity index (χ3n) is 4.50. The number of hydrogen-bond donors (Lipinski definition) is 2. The van der Waals surface area contributed by atoms with E-state index in [1.807, 2.05) is 24.3 Å². The van der Waals surface area contributed by atoms with Gasteiger partial charge in [0.1, 0.15) is 5.82 Å². The maximum absolute atomic E-state index is 13.6. The third kappa shape index (κ3) is 3.94. The highest BCUT2D eigenvalue weighted by molar-refractivity contribution is 6.30. The van der Waals surface area contributed by atoms with Gasteiger partial charge >= 0.3 is 0 Å². The lowest BCUT2D eigenvalue weighted by molar-refractivity contribution is -0.124. The van der Waals surface area contributed by atoms with E-state index < -0.39 is 0 Å². The van der Waals surface area contributed by atoms with Crippen LogP contribution < -0.4 is 10.6 Å². The topological polar surface area (TPSA) is 41.1 Å². The molecule has 2 aromatic rings. The van der Waals surface area contributed by atoms with Crippen molar-refractivity contribution in [2.45, 2.75) is 12.3 Å². The first-order valence-corrected chi connectivity index (χ1v) is 8.50. The highest BCUT2D eigenvalue weighted by Gasteiger charge is 2.33. The normalized spacial score (nSPS) is 20.1. The van der Waals surface area contributed by atoms with Gasteiger partial charge in [-0.3, -0.25) is 4.79 Å². The third-order valence-corrected chi connectivity index (χ3v) is 4.75. The minimum absolute atomic E-state index is 0.0105. The quantitative estimate of drug-likeness (QED) is 0.873. The molecule has 1 saturated heterocycles. The molecule has 1 fully saturated rings. The van der Waals surface area contributed by atoms with Crippen LogP contribution in [0.25, 0.3) is 0 Å². The van der Waals surface area contributed by atoms with Gasteiger partial charge in [0.2, 0.25) is 5.91 Å². The molecule has 3 rings (SSSR count). The molecule has 0 radical (unpaired) electrons. The zero-order chi connectivity index (χ0) is 16.9. The fourth-order valence-electron chi connectivity index (χ4n) is 3.17. The number of carbonyl (C=O) groups excluding carboxylic acids is 1. The summed E-state index contributed by atoms with van der Waals surface area (Å²) in [6.45, 7) is 1.86. The van der Waals surface area contributed by atoms with Crippen LogP contribution in [0.2, 0.25) is 5.02 Å². The Bertz CT molecular complexity index is 705. The lowest BCUT2D eigenvalue weighted by Gasteiger charge is -2.18. The van der Waals surface area contributed by atoms with E-state index in [0.29, 0.717) is 30.1 Å². The van der Waals surface area contributed by atoms with Crippen LogP contribution in [0.5, 0.6) is 0 Å². The summed E-state index contributed by atoms with van der Waals surface area (Å²) in [6, 6.07) is 14.3. The summed E-state index contributed by atoms with van der Waals surface area (Å²) in [5.41, 5.74) is 1.73. The summed E-state index contributed by atoms with van der Waals surface area (Å²) < 4.78 is 13.6. The molecule has 0 unspecified atom stereocenters. The van der Waals surface area contributed by atoms with Gasteiger partial charge in [0.25, 0.3) is 0 Å². The Labute approximate surface area is 146 Å². The summed E-state index contributed by atoms with van der Waals surface area (Å²) in [5.74, 6) is -0.202. The van der Waals surface area contributed by atoms with Gasteiger partial charge < -0.3 is 10.6 Å². The monoisotopic (exact) mass is 346 g/mol. The average Bonchev–Trinajstić information content (AvgIpc) is 3.07. The molecule has 1 aliphatic rings. The second kappa shape index (κ2) is 7.77. The molecule has 2 aromatic carbocycles. The largest absolute Gasteiger partial charge is 0.355 e. The van der Waals surface area contributed by atoms with Crippen LogP contribution in [-0.4, -0.2) is 25.5 Å². The lowest BCUT2D eigenvalue weighted by atomic mass is 9.88. The van der Waals surface area contributed by atoms with Gasteiger partial charge in [0.05, 0.1) is 5.92 Å². The standard InChI is InChI=1S/C19H20ClFN2O/c20-15-7-5-13(6-8-15)16-11-22-12-17(16)19(24)23-10-9-14-3-1-2-4-18(14)21/h1-8,16-17,22H,9-12H2,(H,23,24)/t16-,17+/m0/s1. The predicted molar refractivity (Wildman–Crippen MR) is 93.7 cm³/mol. The molecule has 2 N–H and O–H groups in total. The minimum Gasteiger partial charge on any atom is -0.355 e. The SMILES string of the molecule is O=C(NCCc1ccccc1F)[C@@H]1CNC[C@H]1c1ccc(Cl)cc1. The second-order valence-corrected chi connectivity index (χ2v) is 6.49. The molecule has 24 heavy (non-hydrogen) atoms. The molecular weight excluding hydrogens is 327 g/mol. The first-order chi connectivity index (χ1) is 11.6. The van der Waals surface area contributed by atoms with E-state index in [9.17, 15) is 9.18 Å². The van der Waals surface area contributed by atoms with Crippen LogP contribution >= 0.6 is 11.6 Å². The zero-order valence-corrected chi connectivity index (χ0v) is 14.0. The first kappa shape index (κ1) is 16.9. The van der Waals surface area contributed by atoms with E-state index in [4.69, 9.17) is 11.6 Å². The van der Waals surface area contributed by atoms with Crippen molar-refractivity contribution in [3.05, 3.63) is 70.5 Å². The Hall–Kier alpha value is -1.91. The molecule has 0 bridgehead atoms. The number of carbonyl (C=O) groups is 1. The van der Waals surface area contributed by atoms with Crippen molar-refractivity contribution in [3.8, 4) is 0 Å². The molecule has 0 aromatic heterocycles. The van der Waals surface area contributed by atoms with Crippen molar-refractivity contribution in [2.75, 3.05) is 19.6 Å². The van der Waals surface area contributed by atoms with Crippen molar-refractivity contribution < 1.29 is 9.18 Å². The van der Waals surface area contributed by atoms with Crippen molar-refractivity contribution >= 4 is 17.5 Å². The van der Waals surface area contributed by atoms with Crippen LogP contribution in [0.4, 0.5) is 4.39 Å². The maximum Gasteiger partial charge on any atom is 0.225 e. The molecule has 0 aliphatic carbocycles. The molecular formula is C19H20ClFN2O. The Kier molecular flexibility index (Phi) is 5.48. The van der Waals surface area contributed by atoms with Crippen LogP contribution in [0.1, 0.15) is 17.0 Å². The Morgan fingerprint density at radius 2 is 1.92 bits per heavy atom. The Balaban J connectivity index is 1.58. The summed E-state index contributed by atoms with van der Waals surface area (Å²) in [6.07, 6.45) is 0.490. The molecule has 2 atom stereocenters. The molecule has 0 spiro atoms. The van der Waals surface area contributed by atoms with E-state index in [1.54, 1.807) is 18.2 Å². The molecule has 3 nitrogen and oxygen atoms in total. The highest BCUT2D eigenvalue weighted by atomic mass is 35.5. The Morgan fingerprint density at radius 1 is 1.17 bits per heavy atom. The number of amides is 1. The van der Waals surface area contributed by atoms with Crippen LogP contribution in [0, 0.1) is 11.7 Å². The smallest absolute Gasteiger partial charge is 0.225 e. The molecule has 1 aliphatic heterocycles. The van der Waals surface area contributed by atoms with E-state index in [0.717, 1.165) is 12.1 Å². The van der Waals surface area contributed by atoms with Crippen molar-refractivity contribution in [2.24, 2.45) is 5.92 Å². The lowest BCUT2D eigenvalue weighted by Crippen LogP contribution is -2.35. The summed E-state index contributed by atoms with van der Waals surface area (Å²) in [5, 5.41) is 6.91.